The van der Waals surface area contributed by atoms with Gasteiger partial charge in [0.25, 0.3) is 5.91 Å². The highest BCUT2D eigenvalue weighted by Crippen LogP contribution is 2.21. The summed E-state index contributed by atoms with van der Waals surface area (Å²) in [5.74, 6) is 0.742. The Morgan fingerprint density at radius 2 is 2.19 bits per heavy atom. The Labute approximate surface area is 164 Å². The lowest BCUT2D eigenvalue weighted by molar-refractivity contribution is 0.0923. The smallest absolute Gasteiger partial charge is 0.286 e. The summed E-state index contributed by atoms with van der Waals surface area (Å²) >= 11 is 9.31. The van der Waals surface area contributed by atoms with Gasteiger partial charge in [-0.25, -0.2) is 0 Å². The van der Waals surface area contributed by atoms with Crippen molar-refractivity contribution in [3.8, 4) is 0 Å². The number of nitrogens with zero attached hydrogens (tertiary/aromatic N) is 4. The largest absolute Gasteiger partial charge is 0.454 e. The normalized spacial score (nSPS) is 11.1. The minimum absolute atomic E-state index is 0.232. The van der Waals surface area contributed by atoms with Crippen molar-refractivity contribution in [1.82, 2.24) is 24.9 Å². The number of aryl methyl sites for hydroxylation is 2. The van der Waals surface area contributed by atoms with Gasteiger partial charge in [-0.05, 0) is 48.3 Å². The highest BCUT2D eigenvalue weighted by atomic mass is 79.9. The van der Waals surface area contributed by atoms with E-state index in [1.807, 2.05) is 18.5 Å². The number of furan rings is 1. The first-order chi connectivity index (χ1) is 12.4. The number of hydrogen-bond acceptors (Lipinski definition) is 4. The first-order valence-corrected chi connectivity index (χ1v) is 9.35. The van der Waals surface area contributed by atoms with Crippen LogP contribution in [0.3, 0.4) is 0 Å². The molecule has 0 atom stereocenters. The Morgan fingerprint density at radius 1 is 1.38 bits per heavy atom. The van der Waals surface area contributed by atoms with Gasteiger partial charge in [-0.15, -0.1) is 0 Å². The third kappa shape index (κ3) is 4.37. The van der Waals surface area contributed by atoms with Gasteiger partial charge in [0.2, 0.25) is 0 Å². The number of amides is 1. The molecule has 0 fully saturated rings. The van der Waals surface area contributed by atoms with Crippen LogP contribution in [-0.4, -0.2) is 32.0 Å². The molecule has 26 heavy (non-hydrogen) atoms. The van der Waals surface area contributed by atoms with Crippen molar-refractivity contribution in [1.29, 1.82) is 0 Å². The van der Waals surface area contributed by atoms with Crippen LogP contribution in [0, 0.1) is 13.8 Å². The second kappa shape index (κ2) is 8.09. The maximum atomic E-state index is 12.2. The molecule has 0 aliphatic heterocycles. The summed E-state index contributed by atoms with van der Waals surface area (Å²) in [5, 5.41) is 12.0. The van der Waals surface area contributed by atoms with E-state index >= 15 is 0 Å². The van der Waals surface area contributed by atoms with E-state index in [1.54, 1.807) is 29.2 Å². The minimum atomic E-state index is -0.232. The van der Waals surface area contributed by atoms with Gasteiger partial charge in [-0.2, -0.15) is 10.2 Å². The fourth-order valence-electron chi connectivity index (χ4n) is 2.55. The van der Waals surface area contributed by atoms with E-state index in [9.17, 15) is 4.79 Å². The fraction of sp³-hybridized carbons (Fsp3) is 0.353. The van der Waals surface area contributed by atoms with E-state index in [2.05, 4.69) is 31.4 Å². The topological polar surface area (TPSA) is 77.9 Å². The van der Waals surface area contributed by atoms with E-state index < -0.39 is 0 Å². The standard InChI is InChI=1S/C17H19BrClN5O2/c1-11-16(18)12(2)24(22-11)10-14-4-5-15(26-14)17(25)20-6-3-7-23-9-13(19)8-21-23/h4-5,8-9H,3,6-7,10H2,1-2H3,(H,20,25). The first-order valence-electron chi connectivity index (χ1n) is 8.18. The van der Waals surface area contributed by atoms with Crippen LogP contribution >= 0.6 is 27.5 Å². The SMILES string of the molecule is Cc1nn(Cc2ccc(C(=O)NCCCn3cc(Cl)cn3)o2)c(C)c1Br. The van der Waals surface area contributed by atoms with E-state index in [4.69, 9.17) is 16.0 Å². The Balaban J connectivity index is 1.50. The number of carbonyl (C=O) groups excluding carboxylic acids is 1. The summed E-state index contributed by atoms with van der Waals surface area (Å²) in [6.07, 6.45) is 4.09. The van der Waals surface area contributed by atoms with Crippen molar-refractivity contribution in [2.45, 2.75) is 33.4 Å². The summed E-state index contributed by atoms with van der Waals surface area (Å²) in [5.41, 5.74) is 1.94. The monoisotopic (exact) mass is 439 g/mol. The summed E-state index contributed by atoms with van der Waals surface area (Å²) < 4.78 is 10.2. The molecule has 1 N–H and O–H groups in total. The molecular formula is C17H19BrClN5O2. The van der Waals surface area contributed by atoms with Crippen molar-refractivity contribution in [3.05, 3.63) is 56.9 Å². The van der Waals surface area contributed by atoms with Crippen molar-refractivity contribution < 1.29 is 9.21 Å². The number of hydrogen-bond donors (Lipinski definition) is 1. The van der Waals surface area contributed by atoms with Crippen LogP contribution in [0.25, 0.3) is 0 Å². The zero-order chi connectivity index (χ0) is 18.7. The molecule has 0 saturated carbocycles. The third-order valence-corrected chi connectivity index (χ3v) is 5.28. The molecule has 0 radical (unpaired) electrons. The molecule has 138 valence electrons. The Morgan fingerprint density at radius 3 is 2.85 bits per heavy atom. The third-order valence-electron chi connectivity index (χ3n) is 3.94. The van der Waals surface area contributed by atoms with Crippen LogP contribution in [0.15, 0.2) is 33.4 Å². The van der Waals surface area contributed by atoms with E-state index in [0.717, 1.165) is 22.3 Å². The van der Waals surface area contributed by atoms with Crippen LogP contribution in [0.4, 0.5) is 0 Å². The minimum Gasteiger partial charge on any atom is -0.454 e. The number of rotatable bonds is 7. The first kappa shape index (κ1) is 18.7. The van der Waals surface area contributed by atoms with Gasteiger partial charge in [0.15, 0.2) is 5.76 Å². The van der Waals surface area contributed by atoms with E-state index in [1.165, 1.54) is 0 Å². The lowest BCUT2D eigenvalue weighted by Gasteiger charge is -2.04. The molecule has 3 heterocycles. The number of carbonyl (C=O) groups is 1. The Kier molecular flexibility index (Phi) is 5.83. The zero-order valence-electron chi connectivity index (χ0n) is 14.5. The van der Waals surface area contributed by atoms with Gasteiger partial charge in [0.05, 0.1) is 33.6 Å². The second-order valence-electron chi connectivity index (χ2n) is 5.94. The second-order valence-corrected chi connectivity index (χ2v) is 7.17. The lowest BCUT2D eigenvalue weighted by atomic mass is 10.3. The molecule has 0 bridgehead atoms. The maximum absolute atomic E-state index is 12.2. The molecule has 9 heteroatoms. The van der Waals surface area contributed by atoms with Gasteiger partial charge in [0, 0.05) is 19.3 Å². The summed E-state index contributed by atoms with van der Waals surface area (Å²) in [7, 11) is 0. The molecule has 3 aromatic heterocycles. The van der Waals surface area contributed by atoms with Crippen molar-refractivity contribution in [2.24, 2.45) is 0 Å². The molecular weight excluding hydrogens is 422 g/mol. The molecule has 0 spiro atoms. The molecule has 0 aliphatic carbocycles. The number of halogens is 2. The Bertz CT molecular complexity index is 914. The predicted molar refractivity (Wildman–Crippen MR) is 101 cm³/mol. The molecule has 3 aromatic rings. The van der Waals surface area contributed by atoms with Gasteiger partial charge < -0.3 is 9.73 Å². The molecule has 0 unspecified atom stereocenters. The van der Waals surface area contributed by atoms with Crippen molar-refractivity contribution in [2.75, 3.05) is 6.54 Å². The van der Waals surface area contributed by atoms with Crippen LogP contribution in [0.5, 0.6) is 0 Å². The van der Waals surface area contributed by atoms with Gasteiger partial charge in [-0.3, -0.25) is 14.2 Å². The van der Waals surface area contributed by atoms with Crippen LogP contribution in [-0.2, 0) is 13.1 Å². The average Bonchev–Trinajstić information content (AvgIpc) is 3.30. The van der Waals surface area contributed by atoms with E-state index in [0.29, 0.717) is 36.2 Å². The molecule has 1 amide bonds. The zero-order valence-corrected chi connectivity index (χ0v) is 16.8. The van der Waals surface area contributed by atoms with Gasteiger partial charge in [0.1, 0.15) is 5.76 Å². The van der Waals surface area contributed by atoms with Crippen molar-refractivity contribution in [3.63, 3.8) is 0 Å². The van der Waals surface area contributed by atoms with E-state index in [-0.39, 0.29) is 5.91 Å². The van der Waals surface area contributed by atoms with Gasteiger partial charge >= 0.3 is 0 Å². The highest BCUT2D eigenvalue weighted by molar-refractivity contribution is 9.10. The number of nitrogens with one attached hydrogen (secondary N) is 1. The fourth-order valence-corrected chi connectivity index (χ4v) is 2.99. The highest BCUT2D eigenvalue weighted by Gasteiger charge is 2.14. The lowest BCUT2D eigenvalue weighted by Crippen LogP contribution is -2.24. The summed E-state index contributed by atoms with van der Waals surface area (Å²) in [6.45, 7) is 5.60. The van der Waals surface area contributed by atoms with Gasteiger partial charge in [-0.1, -0.05) is 11.6 Å². The Hall–Kier alpha value is -2.06. The molecule has 7 nitrogen and oxygen atoms in total. The maximum Gasteiger partial charge on any atom is 0.286 e. The predicted octanol–water partition coefficient (Wildman–Crippen LogP) is 3.57. The van der Waals surface area contributed by atoms with Crippen molar-refractivity contribution >= 4 is 33.4 Å². The average molecular weight is 441 g/mol. The van der Waals surface area contributed by atoms with Crippen LogP contribution in [0.1, 0.15) is 34.1 Å². The van der Waals surface area contributed by atoms with Crippen LogP contribution in [0.2, 0.25) is 5.02 Å². The molecule has 3 rings (SSSR count). The summed E-state index contributed by atoms with van der Waals surface area (Å²) in [6, 6.07) is 3.48. The number of aromatic nitrogens is 4. The quantitative estimate of drug-likeness (QED) is 0.570. The molecule has 0 saturated heterocycles. The molecule has 0 aliphatic rings. The molecule has 0 aromatic carbocycles. The van der Waals surface area contributed by atoms with Crippen LogP contribution < -0.4 is 5.32 Å². The summed E-state index contributed by atoms with van der Waals surface area (Å²) in [4.78, 5) is 12.2.